The fraction of sp³-hybridized carbons (Fsp3) is 0.346. The van der Waals surface area contributed by atoms with E-state index in [1.807, 2.05) is 42.5 Å². The van der Waals surface area contributed by atoms with Gasteiger partial charge in [0.15, 0.2) is 0 Å². The van der Waals surface area contributed by atoms with Crippen molar-refractivity contribution in [3.63, 3.8) is 0 Å². The molecule has 8 nitrogen and oxygen atoms in total. The molecule has 8 heteroatoms. The molecular weight excluding hydrogens is 426 g/mol. The Labute approximate surface area is 201 Å². The topological polar surface area (TPSA) is 76.6 Å². The van der Waals surface area contributed by atoms with Crippen molar-refractivity contribution in [3.05, 3.63) is 54.4 Å². The second-order valence-corrected chi connectivity index (χ2v) is 8.77. The lowest BCUT2D eigenvalue weighted by Crippen LogP contribution is -2.49. The molecule has 0 radical (unpaired) electrons. The lowest BCUT2D eigenvalue weighted by molar-refractivity contribution is -0.117. The van der Waals surface area contributed by atoms with Gasteiger partial charge in [-0.05, 0) is 50.5 Å². The first kappa shape index (κ1) is 23.6. The molecule has 0 saturated carbocycles. The van der Waals surface area contributed by atoms with Gasteiger partial charge in [0.05, 0.1) is 12.1 Å². The lowest BCUT2D eigenvalue weighted by atomic mass is 10.2. The predicted molar refractivity (Wildman–Crippen MR) is 137 cm³/mol. The second-order valence-electron chi connectivity index (χ2n) is 8.77. The molecular formula is C26H31N7O. The van der Waals surface area contributed by atoms with Crippen LogP contribution in [0.15, 0.2) is 48.8 Å². The smallest absolute Gasteiger partial charge is 0.238 e. The van der Waals surface area contributed by atoms with Crippen LogP contribution in [0.5, 0.6) is 0 Å². The Bertz CT molecular complexity index is 1180. The molecule has 3 aromatic rings. The zero-order valence-electron chi connectivity index (χ0n) is 19.8. The van der Waals surface area contributed by atoms with Gasteiger partial charge in [-0.3, -0.25) is 14.6 Å². The van der Waals surface area contributed by atoms with Crippen LogP contribution in [-0.4, -0.2) is 90.5 Å². The van der Waals surface area contributed by atoms with Crippen LogP contribution in [0.3, 0.4) is 0 Å². The van der Waals surface area contributed by atoms with Crippen molar-refractivity contribution in [1.82, 2.24) is 24.7 Å². The van der Waals surface area contributed by atoms with E-state index in [9.17, 15) is 4.79 Å². The Morgan fingerprint density at radius 1 is 1.06 bits per heavy atom. The summed E-state index contributed by atoms with van der Waals surface area (Å²) in [7, 11) is 4.19. The van der Waals surface area contributed by atoms with Crippen LogP contribution in [0.4, 0.5) is 17.2 Å². The van der Waals surface area contributed by atoms with Crippen molar-refractivity contribution in [2.75, 3.05) is 70.5 Å². The van der Waals surface area contributed by atoms with E-state index in [4.69, 9.17) is 6.42 Å². The van der Waals surface area contributed by atoms with E-state index < -0.39 is 0 Å². The normalized spacial score (nSPS) is 14.8. The van der Waals surface area contributed by atoms with Crippen molar-refractivity contribution in [2.24, 2.45) is 0 Å². The summed E-state index contributed by atoms with van der Waals surface area (Å²) in [6, 6.07) is 13.3. The Morgan fingerprint density at radius 3 is 2.62 bits per heavy atom. The molecule has 1 fully saturated rings. The summed E-state index contributed by atoms with van der Waals surface area (Å²) < 4.78 is 0. The standard InChI is InChI=1S/C26H31N7O/c1-4-20-6-5-7-21(16-20)30-26-23-17-22(8-9-24(23)27-19-28-26)29-25(34)18-33-14-12-32(13-15-33)11-10-31(2)3/h1,5-9,16-17,19H,10-15,18H2,2-3H3,(H,29,34)(H,27,28,30). The van der Waals surface area contributed by atoms with Gasteiger partial charge in [0, 0.05) is 61.6 Å². The number of nitrogens with one attached hydrogen (secondary N) is 2. The van der Waals surface area contributed by atoms with E-state index in [0.717, 1.165) is 67.1 Å². The number of amides is 1. The van der Waals surface area contributed by atoms with Crippen LogP contribution in [-0.2, 0) is 4.79 Å². The first-order chi connectivity index (χ1) is 16.5. The minimum atomic E-state index is -0.0193. The van der Waals surface area contributed by atoms with Crippen molar-refractivity contribution >= 4 is 34.0 Å². The molecule has 0 unspecified atom stereocenters. The molecule has 2 aromatic carbocycles. The zero-order chi connectivity index (χ0) is 23.9. The number of piperazine rings is 1. The highest BCUT2D eigenvalue weighted by Gasteiger charge is 2.19. The Balaban J connectivity index is 1.38. The van der Waals surface area contributed by atoms with E-state index in [1.54, 1.807) is 0 Å². The fourth-order valence-corrected chi connectivity index (χ4v) is 3.97. The van der Waals surface area contributed by atoms with Gasteiger partial charge < -0.3 is 15.5 Å². The third kappa shape index (κ3) is 6.29. The second kappa shape index (κ2) is 11.1. The average Bonchev–Trinajstić information content (AvgIpc) is 2.84. The third-order valence-corrected chi connectivity index (χ3v) is 5.91. The van der Waals surface area contributed by atoms with E-state index in [-0.39, 0.29) is 5.91 Å². The maximum atomic E-state index is 12.7. The Morgan fingerprint density at radius 2 is 1.85 bits per heavy atom. The van der Waals surface area contributed by atoms with Gasteiger partial charge in [-0.15, -0.1) is 6.42 Å². The van der Waals surface area contributed by atoms with Gasteiger partial charge in [-0.2, -0.15) is 0 Å². The number of hydrogen-bond acceptors (Lipinski definition) is 7. The monoisotopic (exact) mass is 457 g/mol. The van der Waals surface area contributed by atoms with Gasteiger partial charge in [0.25, 0.3) is 0 Å². The maximum absolute atomic E-state index is 12.7. The number of nitrogens with zero attached hydrogens (tertiary/aromatic N) is 5. The summed E-state index contributed by atoms with van der Waals surface area (Å²) in [5.41, 5.74) is 3.14. The first-order valence-electron chi connectivity index (χ1n) is 11.5. The zero-order valence-corrected chi connectivity index (χ0v) is 19.8. The molecule has 2 N–H and O–H groups in total. The van der Waals surface area contributed by atoms with Crippen molar-refractivity contribution in [2.45, 2.75) is 0 Å². The molecule has 176 valence electrons. The van der Waals surface area contributed by atoms with Crippen molar-refractivity contribution < 1.29 is 4.79 Å². The number of carbonyl (C=O) groups excluding carboxylic acids is 1. The van der Waals surface area contributed by atoms with Crippen LogP contribution >= 0.6 is 0 Å². The van der Waals surface area contributed by atoms with Crippen LogP contribution in [0, 0.1) is 12.3 Å². The number of terminal acetylenes is 1. The predicted octanol–water partition coefficient (Wildman–Crippen LogP) is 2.47. The number of likely N-dealkylation sites (N-methyl/N-ethyl adjacent to an activating group) is 1. The number of anilines is 3. The van der Waals surface area contributed by atoms with Crippen LogP contribution in [0.25, 0.3) is 10.9 Å². The van der Waals surface area contributed by atoms with Crippen LogP contribution in [0.1, 0.15) is 5.56 Å². The quantitative estimate of drug-likeness (QED) is 0.503. The third-order valence-electron chi connectivity index (χ3n) is 5.91. The molecule has 1 aromatic heterocycles. The molecule has 0 aliphatic carbocycles. The number of rotatable bonds is 8. The minimum Gasteiger partial charge on any atom is -0.340 e. The highest BCUT2D eigenvalue weighted by Crippen LogP contribution is 2.26. The van der Waals surface area contributed by atoms with Crippen LogP contribution in [0.2, 0.25) is 0 Å². The number of aromatic nitrogens is 2. The highest BCUT2D eigenvalue weighted by molar-refractivity contribution is 5.97. The first-order valence-corrected chi connectivity index (χ1v) is 11.5. The average molecular weight is 458 g/mol. The highest BCUT2D eigenvalue weighted by atomic mass is 16.2. The molecule has 4 rings (SSSR count). The van der Waals surface area contributed by atoms with Gasteiger partial charge in [-0.1, -0.05) is 12.0 Å². The lowest BCUT2D eigenvalue weighted by Gasteiger charge is -2.34. The van der Waals surface area contributed by atoms with E-state index in [2.05, 4.69) is 55.3 Å². The van der Waals surface area contributed by atoms with Gasteiger partial charge >= 0.3 is 0 Å². The molecule has 1 aliphatic heterocycles. The van der Waals surface area contributed by atoms with E-state index in [1.165, 1.54) is 6.33 Å². The molecule has 2 heterocycles. The molecule has 1 amide bonds. The summed E-state index contributed by atoms with van der Waals surface area (Å²) in [5.74, 6) is 3.28. The van der Waals surface area contributed by atoms with E-state index >= 15 is 0 Å². The van der Waals surface area contributed by atoms with Crippen molar-refractivity contribution in [3.8, 4) is 12.3 Å². The Hall–Kier alpha value is -3.51. The molecule has 0 spiro atoms. The maximum Gasteiger partial charge on any atom is 0.238 e. The summed E-state index contributed by atoms with van der Waals surface area (Å²) in [6.07, 6.45) is 7.04. The summed E-state index contributed by atoms with van der Waals surface area (Å²) >= 11 is 0. The fourth-order valence-electron chi connectivity index (χ4n) is 3.97. The number of carbonyl (C=O) groups is 1. The number of hydrogen-bond donors (Lipinski definition) is 2. The minimum absolute atomic E-state index is 0.0193. The van der Waals surface area contributed by atoms with Gasteiger partial charge in [0.2, 0.25) is 5.91 Å². The molecule has 0 bridgehead atoms. The summed E-state index contributed by atoms with van der Waals surface area (Å²) in [6.45, 7) is 6.28. The molecule has 34 heavy (non-hydrogen) atoms. The SMILES string of the molecule is C#Cc1cccc(Nc2ncnc3ccc(NC(=O)CN4CCN(CCN(C)C)CC4)cc23)c1. The summed E-state index contributed by atoms with van der Waals surface area (Å²) in [5, 5.41) is 7.17. The summed E-state index contributed by atoms with van der Waals surface area (Å²) in [4.78, 5) is 28.3. The van der Waals surface area contributed by atoms with Gasteiger partial charge in [0.1, 0.15) is 12.1 Å². The largest absolute Gasteiger partial charge is 0.340 e. The van der Waals surface area contributed by atoms with Crippen molar-refractivity contribution in [1.29, 1.82) is 0 Å². The van der Waals surface area contributed by atoms with Gasteiger partial charge in [-0.25, -0.2) is 9.97 Å². The van der Waals surface area contributed by atoms with Crippen LogP contribution < -0.4 is 10.6 Å². The van der Waals surface area contributed by atoms with E-state index in [0.29, 0.717) is 12.4 Å². The molecule has 1 aliphatic rings. The Kier molecular flexibility index (Phi) is 7.70. The number of fused-ring (bicyclic) bond motifs is 1. The molecule has 1 saturated heterocycles. The number of benzene rings is 2. The molecule has 0 atom stereocenters.